The van der Waals surface area contributed by atoms with Crippen molar-refractivity contribution in [3.8, 4) is 0 Å². The second-order valence-corrected chi connectivity index (χ2v) is 5.70. The van der Waals surface area contributed by atoms with Crippen molar-refractivity contribution < 1.29 is 9.59 Å². The fourth-order valence-electron chi connectivity index (χ4n) is 1.97. The zero-order chi connectivity index (χ0) is 15.5. The smallest absolute Gasteiger partial charge is 0.243 e. The Balaban J connectivity index is 2.72. The van der Waals surface area contributed by atoms with Crippen molar-refractivity contribution in [2.24, 2.45) is 5.73 Å². The maximum absolute atomic E-state index is 12.0. The number of anilines is 1. The minimum absolute atomic E-state index is 0.0206. The van der Waals surface area contributed by atoms with Crippen molar-refractivity contribution >= 4 is 17.5 Å². The molecule has 0 aliphatic rings. The Hall–Kier alpha value is -1.88. The number of benzene rings is 1. The molecule has 0 aliphatic carbocycles. The number of aryl methyl sites for hydroxylation is 2. The number of hydrogen-bond donors (Lipinski definition) is 2. The van der Waals surface area contributed by atoms with Gasteiger partial charge >= 0.3 is 0 Å². The molecule has 5 nitrogen and oxygen atoms in total. The molecule has 0 fully saturated rings. The fraction of sp³-hybridized carbons (Fsp3) is 0.467. The first-order valence-corrected chi connectivity index (χ1v) is 6.53. The zero-order valence-electron chi connectivity index (χ0n) is 12.8. The van der Waals surface area contributed by atoms with E-state index in [0.717, 1.165) is 16.8 Å². The predicted molar refractivity (Wildman–Crippen MR) is 80.4 cm³/mol. The highest BCUT2D eigenvalue weighted by atomic mass is 16.2. The van der Waals surface area contributed by atoms with Gasteiger partial charge in [-0.1, -0.05) is 18.2 Å². The summed E-state index contributed by atoms with van der Waals surface area (Å²) in [6, 6.07) is 5.80. The van der Waals surface area contributed by atoms with Crippen LogP contribution in [0.1, 0.15) is 25.0 Å². The molecule has 0 atom stereocenters. The molecule has 0 aromatic heterocycles. The predicted octanol–water partition coefficient (Wildman–Crippen LogP) is 1.44. The van der Waals surface area contributed by atoms with Gasteiger partial charge in [-0.25, -0.2) is 0 Å². The molecule has 1 aromatic rings. The minimum Gasteiger partial charge on any atom is -0.335 e. The summed E-state index contributed by atoms with van der Waals surface area (Å²) in [6.45, 7) is 7.08. The van der Waals surface area contributed by atoms with Crippen molar-refractivity contribution in [3.05, 3.63) is 29.3 Å². The first-order valence-electron chi connectivity index (χ1n) is 6.53. The number of nitrogens with zero attached hydrogens (tertiary/aromatic N) is 1. The molecule has 1 rings (SSSR count). The molecule has 0 saturated heterocycles. The molecule has 20 heavy (non-hydrogen) atoms. The summed E-state index contributed by atoms with van der Waals surface area (Å²) in [6.07, 6.45) is 0. The van der Waals surface area contributed by atoms with E-state index in [4.69, 9.17) is 5.73 Å². The SMILES string of the molecule is Cc1cccc(C)c1NC(=O)CN(C)C(=O)C(C)(C)N. The third-order valence-electron chi connectivity index (χ3n) is 3.02. The molecule has 0 aliphatic heterocycles. The first kappa shape index (κ1) is 16.2. The van der Waals surface area contributed by atoms with Crippen molar-refractivity contribution in [1.82, 2.24) is 4.90 Å². The van der Waals surface area contributed by atoms with Crippen LogP contribution in [0.25, 0.3) is 0 Å². The lowest BCUT2D eigenvalue weighted by Crippen LogP contribution is -2.51. The van der Waals surface area contributed by atoms with Crippen molar-refractivity contribution in [2.45, 2.75) is 33.2 Å². The maximum Gasteiger partial charge on any atom is 0.243 e. The molecule has 2 amide bonds. The van der Waals surface area contributed by atoms with Crippen LogP contribution in [0.4, 0.5) is 5.69 Å². The average Bonchev–Trinajstić information content (AvgIpc) is 2.31. The monoisotopic (exact) mass is 277 g/mol. The second-order valence-electron chi connectivity index (χ2n) is 5.70. The number of nitrogens with two attached hydrogens (primary N) is 1. The molecule has 0 bridgehead atoms. The Bertz CT molecular complexity index is 498. The number of carbonyl (C=O) groups excluding carboxylic acids is 2. The van der Waals surface area contributed by atoms with Gasteiger partial charge in [0.05, 0.1) is 12.1 Å². The van der Waals surface area contributed by atoms with E-state index in [1.54, 1.807) is 20.9 Å². The van der Waals surface area contributed by atoms with Gasteiger partial charge in [0, 0.05) is 12.7 Å². The van der Waals surface area contributed by atoms with Gasteiger partial charge < -0.3 is 16.0 Å². The highest BCUT2D eigenvalue weighted by Crippen LogP contribution is 2.19. The Morgan fingerprint density at radius 3 is 2.20 bits per heavy atom. The van der Waals surface area contributed by atoms with Gasteiger partial charge in [0.25, 0.3) is 0 Å². The van der Waals surface area contributed by atoms with Crippen LogP contribution in [0.2, 0.25) is 0 Å². The lowest BCUT2D eigenvalue weighted by Gasteiger charge is -2.25. The zero-order valence-corrected chi connectivity index (χ0v) is 12.8. The molecule has 0 spiro atoms. The highest BCUT2D eigenvalue weighted by molar-refractivity contribution is 5.96. The summed E-state index contributed by atoms with van der Waals surface area (Å²) in [5, 5.41) is 2.84. The Morgan fingerprint density at radius 1 is 1.25 bits per heavy atom. The van der Waals surface area contributed by atoms with Crippen LogP contribution in [0.3, 0.4) is 0 Å². The summed E-state index contributed by atoms with van der Waals surface area (Å²) in [4.78, 5) is 25.3. The van der Waals surface area contributed by atoms with E-state index in [9.17, 15) is 9.59 Å². The number of likely N-dealkylation sites (N-methyl/N-ethyl adjacent to an activating group) is 1. The third kappa shape index (κ3) is 4.06. The molecule has 0 saturated carbocycles. The van der Waals surface area contributed by atoms with E-state index >= 15 is 0 Å². The van der Waals surface area contributed by atoms with Gasteiger partial charge in [0.15, 0.2) is 0 Å². The fourth-order valence-corrected chi connectivity index (χ4v) is 1.97. The molecule has 0 radical (unpaired) electrons. The summed E-state index contributed by atoms with van der Waals surface area (Å²) in [5.74, 6) is -0.503. The number of amides is 2. The third-order valence-corrected chi connectivity index (χ3v) is 3.02. The standard InChI is InChI=1S/C15H23N3O2/c1-10-7-6-8-11(2)13(10)17-12(19)9-18(5)14(20)15(3,4)16/h6-8H,9,16H2,1-5H3,(H,17,19). The van der Waals surface area contributed by atoms with E-state index in [-0.39, 0.29) is 18.4 Å². The lowest BCUT2D eigenvalue weighted by molar-refractivity contribution is -0.137. The Labute approximate surface area is 120 Å². The van der Waals surface area contributed by atoms with Crippen LogP contribution < -0.4 is 11.1 Å². The van der Waals surface area contributed by atoms with E-state index in [1.165, 1.54) is 4.90 Å². The van der Waals surface area contributed by atoms with Crippen molar-refractivity contribution in [3.63, 3.8) is 0 Å². The van der Waals surface area contributed by atoms with Crippen LogP contribution >= 0.6 is 0 Å². The Kier molecular flexibility index (Phi) is 4.89. The van der Waals surface area contributed by atoms with Crippen LogP contribution in [-0.4, -0.2) is 35.8 Å². The van der Waals surface area contributed by atoms with Crippen LogP contribution in [0.5, 0.6) is 0 Å². The highest BCUT2D eigenvalue weighted by Gasteiger charge is 2.26. The molecular weight excluding hydrogens is 254 g/mol. The lowest BCUT2D eigenvalue weighted by atomic mass is 10.1. The van der Waals surface area contributed by atoms with Gasteiger partial charge in [-0.3, -0.25) is 9.59 Å². The Morgan fingerprint density at radius 2 is 1.75 bits per heavy atom. The summed E-state index contributed by atoms with van der Waals surface area (Å²) in [7, 11) is 1.57. The number of nitrogens with one attached hydrogen (secondary N) is 1. The molecule has 5 heteroatoms. The first-order chi connectivity index (χ1) is 9.12. The van der Waals surface area contributed by atoms with Crippen LogP contribution in [-0.2, 0) is 9.59 Å². The normalized spacial score (nSPS) is 11.1. The molecule has 0 unspecified atom stereocenters. The molecule has 1 aromatic carbocycles. The molecular formula is C15H23N3O2. The molecule has 3 N–H and O–H groups in total. The van der Waals surface area contributed by atoms with Gasteiger partial charge in [-0.2, -0.15) is 0 Å². The van der Waals surface area contributed by atoms with E-state index in [1.807, 2.05) is 32.0 Å². The summed E-state index contributed by atoms with van der Waals surface area (Å²) < 4.78 is 0. The number of para-hydroxylation sites is 1. The number of hydrogen-bond acceptors (Lipinski definition) is 3. The van der Waals surface area contributed by atoms with E-state index in [2.05, 4.69) is 5.32 Å². The molecule has 0 heterocycles. The van der Waals surface area contributed by atoms with Gasteiger partial charge in [0.1, 0.15) is 0 Å². The topological polar surface area (TPSA) is 75.4 Å². The summed E-state index contributed by atoms with van der Waals surface area (Å²) in [5.41, 5.74) is 7.54. The summed E-state index contributed by atoms with van der Waals surface area (Å²) >= 11 is 0. The number of carbonyl (C=O) groups is 2. The average molecular weight is 277 g/mol. The van der Waals surface area contributed by atoms with E-state index in [0.29, 0.717) is 0 Å². The van der Waals surface area contributed by atoms with E-state index < -0.39 is 5.54 Å². The van der Waals surface area contributed by atoms with Gasteiger partial charge in [-0.15, -0.1) is 0 Å². The molecule has 110 valence electrons. The maximum atomic E-state index is 12.0. The van der Waals surface area contributed by atoms with Gasteiger partial charge in [-0.05, 0) is 38.8 Å². The van der Waals surface area contributed by atoms with Gasteiger partial charge in [0.2, 0.25) is 11.8 Å². The van der Waals surface area contributed by atoms with Crippen molar-refractivity contribution in [2.75, 3.05) is 18.9 Å². The minimum atomic E-state index is -0.979. The largest absolute Gasteiger partial charge is 0.335 e. The van der Waals surface area contributed by atoms with Crippen LogP contribution in [0, 0.1) is 13.8 Å². The number of rotatable bonds is 4. The van der Waals surface area contributed by atoms with Crippen LogP contribution in [0.15, 0.2) is 18.2 Å². The quantitative estimate of drug-likeness (QED) is 0.874. The second kappa shape index (κ2) is 6.05. The van der Waals surface area contributed by atoms with Crippen molar-refractivity contribution in [1.29, 1.82) is 0 Å².